The van der Waals surface area contributed by atoms with Gasteiger partial charge in [-0.2, -0.15) is 0 Å². The number of rotatable bonds is 4. The topological polar surface area (TPSA) is 53.7 Å². The van der Waals surface area contributed by atoms with Crippen molar-refractivity contribution in [2.45, 2.75) is 13.8 Å². The highest BCUT2D eigenvalue weighted by molar-refractivity contribution is 9.10. The summed E-state index contributed by atoms with van der Waals surface area (Å²) in [6.07, 6.45) is 0. The fourth-order valence-electron chi connectivity index (χ4n) is 2.77. The van der Waals surface area contributed by atoms with Gasteiger partial charge in [0.25, 0.3) is 0 Å². The SMILES string of the molecule is CCN(CC)c1ccc(-c2oc3cc(Br)ccc3c(=O)c2O)cc1. The number of anilines is 1. The van der Waals surface area contributed by atoms with Crippen LogP contribution in [0.1, 0.15) is 13.8 Å². The third kappa shape index (κ3) is 2.91. The molecular formula is C19H18BrNO3. The second-order valence-corrected chi connectivity index (χ2v) is 6.38. The fraction of sp³-hybridized carbons (Fsp3) is 0.211. The van der Waals surface area contributed by atoms with Crippen LogP contribution in [0, 0.1) is 0 Å². The number of fused-ring (bicyclic) bond motifs is 1. The first-order chi connectivity index (χ1) is 11.5. The fourth-order valence-corrected chi connectivity index (χ4v) is 3.11. The maximum atomic E-state index is 12.4. The van der Waals surface area contributed by atoms with Gasteiger partial charge < -0.3 is 14.4 Å². The Labute approximate surface area is 148 Å². The highest BCUT2D eigenvalue weighted by atomic mass is 79.9. The van der Waals surface area contributed by atoms with Crippen LogP contribution >= 0.6 is 15.9 Å². The van der Waals surface area contributed by atoms with Crippen molar-refractivity contribution in [1.29, 1.82) is 0 Å². The highest BCUT2D eigenvalue weighted by Gasteiger charge is 2.15. The van der Waals surface area contributed by atoms with Gasteiger partial charge in [-0.1, -0.05) is 15.9 Å². The summed E-state index contributed by atoms with van der Waals surface area (Å²) in [5.74, 6) is -0.169. The third-order valence-electron chi connectivity index (χ3n) is 4.09. The van der Waals surface area contributed by atoms with Crippen LogP contribution in [-0.2, 0) is 0 Å². The molecule has 1 heterocycles. The molecule has 2 aromatic carbocycles. The normalized spacial score (nSPS) is 11.0. The van der Waals surface area contributed by atoms with Gasteiger partial charge in [-0.25, -0.2) is 0 Å². The summed E-state index contributed by atoms with van der Waals surface area (Å²) >= 11 is 3.37. The monoisotopic (exact) mass is 387 g/mol. The van der Waals surface area contributed by atoms with Gasteiger partial charge in [-0.05, 0) is 56.3 Å². The summed E-state index contributed by atoms with van der Waals surface area (Å²) in [4.78, 5) is 14.6. The molecule has 0 radical (unpaired) electrons. The second kappa shape index (κ2) is 6.69. The van der Waals surface area contributed by atoms with E-state index < -0.39 is 5.43 Å². The van der Waals surface area contributed by atoms with Crippen molar-refractivity contribution in [2.75, 3.05) is 18.0 Å². The first-order valence-electron chi connectivity index (χ1n) is 7.85. The molecule has 24 heavy (non-hydrogen) atoms. The van der Waals surface area contributed by atoms with Crippen LogP contribution in [0.15, 0.2) is 56.1 Å². The van der Waals surface area contributed by atoms with Gasteiger partial charge in [0.1, 0.15) is 5.58 Å². The van der Waals surface area contributed by atoms with Crippen LogP contribution in [0.3, 0.4) is 0 Å². The lowest BCUT2D eigenvalue weighted by Crippen LogP contribution is -2.21. The van der Waals surface area contributed by atoms with Gasteiger partial charge >= 0.3 is 0 Å². The lowest BCUT2D eigenvalue weighted by atomic mass is 10.1. The van der Waals surface area contributed by atoms with Crippen molar-refractivity contribution in [3.05, 3.63) is 57.2 Å². The molecule has 0 spiro atoms. The van der Waals surface area contributed by atoms with Crippen molar-refractivity contribution < 1.29 is 9.52 Å². The third-order valence-corrected chi connectivity index (χ3v) is 4.58. The molecule has 0 fully saturated rings. The average molecular weight is 388 g/mol. The molecule has 0 aliphatic heterocycles. The van der Waals surface area contributed by atoms with E-state index in [0.717, 1.165) is 23.2 Å². The Kier molecular flexibility index (Phi) is 4.62. The molecule has 0 aliphatic rings. The van der Waals surface area contributed by atoms with Crippen molar-refractivity contribution in [3.63, 3.8) is 0 Å². The summed E-state index contributed by atoms with van der Waals surface area (Å²) in [6.45, 7) is 6.04. The Morgan fingerprint density at radius 2 is 1.75 bits per heavy atom. The Hall–Kier alpha value is -2.27. The molecule has 124 valence electrons. The minimum atomic E-state index is -0.424. The molecule has 0 saturated carbocycles. The molecule has 0 atom stereocenters. The lowest BCUT2D eigenvalue weighted by Gasteiger charge is -2.21. The number of hydrogen-bond acceptors (Lipinski definition) is 4. The number of aromatic hydroxyl groups is 1. The zero-order valence-corrected chi connectivity index (χ0v) is 15.1. The maximum absolute atomic E-state index is 12.4. The van der Waals surface area contributed by atoms with E-state index in [0.29, 0.717) is 16.5 Å². The van der Waals surface area contributed by atoms with Crippen LogP contribution < -0.4 is 10.3 Å². The van der Waals surface area contributed by atoms with Gasteiger partial charge in [-0.15, -0.1) is 0 Å². The van der Waals surface area contributed by atoms with Crippen LogP contribution in [0.4, 0.5) is 5.69 Å². The largest absolute Gasteiger partial charge is 0.502 e. The summed E-state index contributed by atoms with van der Waals surface area (Å²) in [6, 6.07) is 12.8. The van der Waals surface area contributed by atoms with Crippen LogP contribution in [0.25, 0.3) is 22.3 Å². The molecule has 1 N–H and O–H groups in total. The van der Waals surface area contributed by atoms with Crippen LogP contribution in [-0.4, -0.2) is 18.2 Å². The van der Waals surface area contributed by atoms with Crippen molar-refractivity contribution in [3.8, 4) is 17.1 Å². The predicted octanol–water partition coefficient (Wildman–Crippen LogP) is 4.77. The standard InChI is InChI=1S/C19H18BrNO3/c1-3-21(4-2)14-8-5-12(6-9-14)19-18(23)17(22)15-10-7-13(20)11-16(15)24-19/h5-11,23H,3-4H2,1-2H3. The zero-order valence-electron chi connectivity index (χ0n) is 13.5. The van der Waals surface area contributed by atoms with E-state index in [1.165, 1.54) is 0 Å². The smallest absolute Gasteiger partial charge is 0.235 e. The van der Waals surface area contributed by atoms with E-state index in [1.54, 1.807) is 18.2 Å². The Morgan fingerprint density at radius 3 is 2.38 bits per heavy atom. The van der Waals surface area contributed by atoms with E-state index >= 15 is 0 Å². The Morgan fingerprint density at radius 1 is 1.08 bits per heavy atom. The quantitative estimate of drug-likeness (QED) is 0.699. The molecule has 5 heteroatoms. The number of benzene rings is 2. The van der Waals surface area contributed by atoms with Gasteiger partial charge in [0, 0.05) is 28.8 Å². The molecule has 1 aromatic heterocycles. The summed E-state index contributed by atoms with van der Waals surface area (Å²) < 4.78 is 6.61. The van der Waals surface area contributed by atoms with Crippen molar-refractivity contribution >= 4 is 32.6 Å². The van der Waals surface area contributed by atoms with Crippen LogP contribution in [0.5, 0.6) is 5.75 Å². The van der Waals surface area contributed by atoms with E-state index in [4.69, 9.17) is 4.42 Å². The Balaban J connectivity index is 2.12. The van der Waals surface area contributed by atoms with Crippen molar-refractivity contribution in [2.24, 2.45) is 0 Å². The molecule has 0 amide bonds. The van der Waals surface area contributed by atoms with Crippen molar-refractivity contribution in [1.82, 2.24) is 0 Å². The minimum Gasteiger partial charge on any atom is -0.502 e. The molecule has 0 unspecified atom stereocenters. The molecule has 3 rings (SSSR count). The van der Waals surface area contributed by atoms with Gasteiger partial charge in [-0.3, -0.25) is 4.79 Å². The van der Waals surface area contributed by atoms with Gasteiger partial charge in [0.2, 0.25) is 11.2 Å². The van der Waals surface area contributed by atoms with Gasteiger partial charge in [0.05, 0.1) is 5.39 Å². The zero-order chi connectivity index (χ0) is 17.3. The Bertz CT molecular complexity index is 928. The van der Waals surface area contributed by atoms with E-state index in [-0.39, 0.29) is 11.5 Å². The molecule has 0 bridgehead atoms. The number of hydrogen-bond donors (Lipinski definition) is 1. The molecule has 4 nitrogen and oxygen atoms in total. The molecule has 0 saturated heterocycles. The minimum absolute atomic E-state index is 0.191. The van der Waals surface area contributed by atoms with Crippen LogP contribution in [0.2, 0.25) is 0 Å². The molecule has 0 aliphatic carbocycles. The second-order valence-electron chi connectivity index (χ2n) is 5.47. The average Bonchev–Trinajstić information content (AvgIpc) is 2.60. The number of halogens is 1. The molecule has 3 aromatic rings. The maximum Gasteiger partial charge on any atom is 0.235 e. The van der Waals surface area contributed by atoms with E-state index in [2.05, 4.69) is 34.7 Å². The van der Waals surface area contributed by atoms with Gasteiger partial charge in [0.15, 0.2) is 5.76 Å². The molecular weight excluding hydrogens is 370 g/mol. The van der Waals surface area contributed by atoms with E-state index in [1.807, 2.05) is 24.3 Å². The van der Waals surface area contributed by atoms with E-state index in [9.17, 15) is 9.90 Å². The first-order valence-corrected chi connectivity index (χ1v) is 8.65. The number of nitrogens with zero attached hydrogens (tertiary/aromatic N) is 1. The summed E-state index contributed by atoms with van der Waals surface area (Å²) in [7, 11) is 0. The summed E-state index contributed by atoms with van der Waals surface area (Å²) in [5, 5.41) is 10.6. The summed E-state index contributed by atoms with van der Waals surface area (Å²) in [5.41, 5.74) is 1.78. The predicted molar refractivity (Wildman–Crippen MR) is 101 cm³/mol. The first kappa shape index (κ1) is 16.6. The highest BCUT2D eigenvalue weighted by Crippen LogP contribution is 2.32. The lowest BCUT2D eigenvalue weighted by molar-refractivity contribution is 0.449.